The first-order valence-corrected chi connectivity index (χ1v) is 10.7. The van der Waals surface area contributed by atoms with Crippen molar-refractivity contribution in [3.8, 4) is 0 Å². The van der Waals surface area contributed by atoms with Gasteiger partial charge in [-0.3, -0.25) is 0 Å². The molecule has 4 heteroatoms. The van der Waals surface area contributed by atoms with Gasteiger partial charge in [-0.2, -0.15) is 0 Å². The molecular weight excluding hydrogens is 316 g/mol. The fourth-order valence-electron chi connectivity index (χ4n) is 2.60. The van der Waals surface area contributed by atoms with E-state index in [1.54, 1.807) is 0 Å². The van der Waals surface area contributed by atoms with E-state index in [2.05, 4.69) is 13.8 Å². The Kier molecular flexibility index (Phi) is 23.7. The highest BCUT2D eigenvalue weighted by molar-refractivity contribution is 4.47. The number of rotatable bonds is 22. The number of unbranched alkanes of at least 4 members (excludes halogenated alkanes) is 9. The third kappa shape index (κ3) is 23.8. The second-order valence-electron chi connectivity index (χ2n) is 6.63. The predicted molar refractivity (Wildman–Crippen MR) is 105 cm³/mol. The van der Waals surface area contributed by atoms with Crippen LogP contribution < -0.4 is 0 Å². The lowest BCUT2D eigenvalue weighted by Crippen LogP contribution is -2.12. The first-order valence-electron chi connectivity index (χ1n) is 10.7. The Morgan fingerprint density at radius 3 is 1.12 bits per heavy atom. The minimum atomic E-state index is 0.633. The molecule has 0 atom stereocenters. The quantitative estimate of drug-likeness (QED) is 0.243. The van der Waals surface area contributed by atoms with E-state index >= 15 is 0 Å². The number of hydrogen-bond acceptors (Lipinski definition) is 4. The van der Waals surface area contributed by atoms with Gasteiger partial charge in [0.05, 0.1) is 39.6 Å². The van der Waals surface area contributed by atoms with Crippen LogP contribution in [-0.2, 0) is 18.9 Å². The smallest absolute Gasteiger partial charge is 0.0701 e. The summed E-state index contributed by atoms with van der Waals surface area (Å²) >= 11 is 0. The summed E-state index contributed by atoms with van der Waals surface area (Å²) in [5.74, 6) is 0. The largest absolute Gasteiger partial charge is 0.379 e. The summed E-state index contributed by atoms with van der Waals surface area (Å²) in [4.78, 5) is 0. The SMILES string of the molecule is CCCCCCCCCCCCOCCOCCOCCOCCC. The molecule has 0 aliphatic carbocycles. The fourth-order valence-corrected chi connectivity index (χ4v) is 2.60. The van der Waals surface area contributed by atoms with Gasteiger partial charge in [0.2, 0.25) is 0 Å². The average Bonchev–Trinajstić information content (AvgIpc) is 2.63. The fraction of sp³-hybridized carbons (Fsp3) is 1.00. The summed E-state index contributed by atoms with van der Waals surface area (Å²) in [7, 11) is 0. The molecule has 0 aliphatic rings. The van der Waals surface area contributed by atoms with Crippen molar-refractivity contribution in [2.24, 2.45) is 0 Å². The minimum Gasteiger partial charge on any atom is -0.379 e. The molecule has 0 fully saturated rings. The standard InChI is InChI=1S/C21H44O4/c1-3-5-6-7-8-9-10-11-12-13-15-23-17-19-25-21-20-24-18-16-22-14-4-2/h3-21H2,1-2H3. The Morgan fingerprint density at radius 2 is 0.680 bits per heavy atom. The Hall–Kier alpha value is -0.160. The van der Waals surface area contributed by atoms with Crippen molar-refractivity contribution in [1.29, 1.82) is 0 Å². The van der Waals surface area contributed by atoms with Crippen LogP contribution in [0.4, 0.5) is 0 Å². The highest BCUT2D eigenvalue weighted by atomic mass is 16.6. The van der Waals surface area contributed by atoms with Gasteiger partial charge >= 0.3 is 0 Å². The van der Waals surface area contributed by atoms with Crippen molar-refractivity contribution in [2.75, 3.05) is 52.9 Å². The van der Waals surface area contributed by atoms with Crippen molar-refractivity contribution >= 4 is 0 Å². The normalized spacial score (nSPS) is 11.3. The molecule has 0 aliphatic heterocycles. The van der Waals surface area contributed by atoms with E-state index < -0.39 is 0 Å². The van der Waals surface area contributed by atoms with Gasteiger partial charge in [-0.15, -0.1) is 0 Å². The molecule has 4 nitrogen and oxygen atoms in total. The molecule has 0 rings (SSSR count). The van der Waals surface area contributed by atoms with Crippen molar-refractivity contribution in [2.45, 2.75) is 84.5 Å². The van der Waals surface area contributed by atoms with Crippen LogP contribution in [0.3, 0.4) is 0 Å². The second kappa shape index (κ2) is 23.8. The number of ether oxygens (including phenoxy) is 4. The predicted octanol–water partition coefficient (Wildman–Crippen LogP) is 5.38. The van der Waals surface area contributed by atoms with E-state index in [4.69, 9.17) is 18.9 Å². The van der Waals surface area contributed by atoms with E-state index in [1.807, 2.05) is 0 Å². The zero-order valence-electron chi connectivity index (χ0n) is 17.1. The van der Waals surface area contributed by atoms with Gasteiger partial charge in [-0.25, -0.2) is 0 Å². The van der Waals surface area contributed by atoms with Gasteiger partial charge < -0.3 is 18.9 Å². The van der Waals surface area contributed by atoms with Gasteiger partial charge in [-0.05, 0) is 12.8 Å². The van der Waals surface area contributed by atoms with Crippen LogP contribution in [0.5, 0.6) is 0 Å². The van der Waals surface area contributed by atoms with E-state index in [9.17, 15) is 0 Å². The molecule has 152 valence electrons. The lowest BCUT2D eigenvalue weighted by molar-refractivity contribution is -0.00206. The first kappa shape index (κ1) is 24.8. The second-order valence-corrected chi connectivity index (χ2v) is 6.63. The van der Waals surface area contributed by atoms with Crippen molar-refractivity contribution in [1.82, 2.24) is 0 Å². The van der Waals surface area contributed by atoms with Gasteiger partial charge in [0.15, 0.2) is 0 Å². The third-order valence-corrected chi connectivity index (χ3v) is 4.11. The topological polar surface area (TPSA) is 36.9 Å². The maximum absolute atomic E-state index is 5.59. The summed E-state index contributed by atoms with van der Waals surface area (Å²) in [6.07, 6.45) is 14.7. The Labute approximate surface area is 156 Å². The third-order valence-electron chi connectivity index (χ3n) is 4.11. The van der Waals surface area contributed by atoms with Crippen molar-refractivity contribution in [3.05, 3.63) is 0 Å². The summed E-state index contributed by atoms with van der Waals surface area (Å²) < 4.78 is 21.8. The van der Waals surface area contributed by atoms with E-state index in [0.717, 1.165) is 19.6 Å². The molecule has 0 aromatic heterocycles. The molecule has 0 N–H and O–H groups in total. The maximum atomic E-state index is 5.59. The van der Waals surface area contributed by atoms with Gasteiger partial charge in [0.25, 0.3) is 0 Å². The molecule has 0 saturated carbocycles. The molecule has 0 bridgehead atoms. The summed E-state index contributed by atoms with van der Waals surface area (Å²) in [6.45, 7) is 10.0. The highest BCUT2D eigenvalue weighted by Crippen LogP contribution is 2.10. The first-order chi connectivity index (χ1) is 12.4. The van der Waals surface area contributed by atoms with Crippen molar-refractivity contribution in [3.63, 3.8) is 0 Å². The lowest BCUT2D eigenvalue weighted by Gasteiger charge is -2.07. The summed E-state index contributed by atoms with van der Waals surface area (Å²) in [5.41, 5.74) is 0. The van der Waals surface area contributed by atoms with Crippen LogP contribution in [0.2, 0.25) is 0 Å². The zero-order chi connectivity index (χ0) is 18.3. The zero-order valence-corrected chi connectivity index (χ0v) is 17.1. The molecule has 0 aromatic carbocycles. The lowest BCUT2D eigenvalue weighted by atomic mass is 10.1. The highest BCUT2D eigenvalue weighted by Gasteiger charge is 1.94. The van der Waals surface area contributed by atoms with E-state index in [0.29, 0.717) is 39.6 Å². The van der Waals surface area contributed by atoms with Gasteiger partial charge in [0.1, 0.15) is 0 Å². The van der Waals surface area contributed by atoms with Crippen LogP contribution in [-0.4, -0.2) is 52.9 Å². The molecule has 0 heterocycles. The van der Waals surface area contributed by atoms with Crippen LogP contribution in [0.1, 0.15) is 84.5 Å². The van der Waals surface area contributed by atoms with E-state index in [-0.39, 0.29) is 0 Å². The van der Waals surface area contributed by atoms with Crippen LogP contribution in [0.15, 0.2) is 0 Å². The van der Waals surface area contributed by atoms with Crippen LogP contribution in [0.25, 0.3) is 0 Å². The molecule has 0 aromatic rings. The van der Waals surface area contributed by atoms with Gasteiger partial charge in [0, 0.05) is 13.2 Å². The van der Waals surface area contributed by atoms with E-state index in [1.165, 1.54) is 64.2 Å². The molecule has 0 spiro atoms. The monoisotopic (exact) mass is 360 g/mol. The molecule has 0 unspecified atom stereocenters. The maximum Gasteiger partial charge on any atom is 0.0701 e. The molecule has 0 saturated heterocycles. The molecular formula is C21H44O4. The van der Waals surface area contributed by atoms with Crippen LogP contribution >= 0.6 is 0 Å². The Morgan fingerprint density at radius 1 is 0.320 bits per heavy atom. The molecule has 25 heavy (non-hydrogen) atoms. The van der Waals surface area contributed by atoms with Crippen LogP contribution in [0, 0.1) is 0 Å². The Bertz CT molecular complexity index is 202. The molecule has 0 amide bonds. The molecule has 0 radical (unpaired) electrons. The Balaban J connectivity index is 2.94. The average molecular weight is 361 g/mol. The van der Waals surface area contributed by atoms with Crippen molar-refractivity contribution < 1.29 is 18.9 Å². The summed E-state index contributed by atoms with van der Waals surface area (Å²) in [6, 6.07) is 0. The minimum absolute atomic E-state index is 0.633. The number of hydrogen-bond donors (Lipinski definition) is 0. The summed E-state index contributed by atoms with van der Waals surface area (Å²) in [5, 5.41) is 0. The van der Waals surface area contributed by atoms with Gasteiger partial charge in [-0.1, -0.05) is 71.6 Å².